The van der Waals surface area contributed by atoms with Gasteiger partial charge in [0, 0.05) is 17.0 Å². The Kier molecular flexibility index (Phi) is 5.28. The molecule has 3 aromatic heterocycles. The fourth-order valence-corrected chi connectivity index (χ4v) is 4.00. The Labute approximate surface area is 156 Å². The molecule has 134 valence electrons. The van der Waals surface area contributed by atoms with Gasteiger partial charge in [-0.3, -0.25) is 4.98 Å². The average Bonchev–Trinajstić information content (AvgIpc) is 3.02. The first-order valence-corrected chi connectivity index (χ1v) is 9.46. The van der Waals surface area contributed by atoms with Crippen LogP contribution >= 0.6 is 11.3 Å². The van der Waals surface area contributed by atoms with Gasteiger partial charge < -0.3 is 0 Å². The minimum absolute atomic E-state index is 0.114. The number of rotatable bonds is 1. The van der Waals surface area contributed by atoms with Crippen LogP contribution in [0.4, 0.5) is 4.39 Å². The fourth-order valence-electron chi connectivity index (χ4n) is 2.88. The SMILES string of the molecule is CCc1ccc(F)c(C)c1.Cc1nnc2sc3c(C)nccc3c2c1C. The number of halogens is 1. The highest BCUT2D eigenvalue weighted by Crippen LogP contribution is 2.35. The van der Waals surface area contributed by atoms with Gasteiger partial charge in [-0.25, -0.2) is 4.39 Å². The van der Waals surface area contributed by atoms with Crippen molar-refractivity contribution >= 4 is 31.6 Å². The van der Waals surface area contributed by atoms with Crippen molar-refractivity contribution in [3.05, 3.63) is 64.4 Å². The minimum atomic E-state index is -0.114. The normalized spacial score (nSPS) is 10.8. The Morgan fingerprint density at radius 1 is 1.00 bits per heavy atom. The number of pyridine rings is 1. The zero-order chi connectivity index (χ0) is 18.8. The highest BCUT2D eigenvalue weighted by molar-refractivity contribution is 7.25. The van der Waals surface area contributed by atoms with E-state index in [9.17, 15) is 4.39 Å². The number of hydrogen-bond acceptors (Lipinski definition) is 4. The highest BCUT2D eigenvalue weighted by atomic mass is 32.1. The van der Waals surface area contributed by atoms with Crippen molar-refractivity contribution in [3.63, 3.8) is 0 Å². The second-order valence-corrected chi connectivity index (χ2v) is 7.40. The predicted molar refractivity (Wildman–Crippen MR) is 107 cm³/mol. The third-order valence-corrected chi connectivity index (χ3v) is 5.80. The van der Waals surface area contributed by atoms with Gasteiger partial charge in [-0.1, -0.05) is 19.1 Å². The molecule has 3 nitrogen and oxygen atoms in total. The summed E-state index contributed by atoms with van der Waals surface area (Å²) in [6.07, 6.45) is 2.83. The van der Waals surface area contributed by atoms with Gasteiger partial charge in [0.1, 0.15) is 10.6 Å². The summed E-state index contributed by atoms with van der Waals surface area (Å²) in [5.74, 6) is -0.114. The van der Waals surface area contributed by atoms with E-state index in [1.54, 1.807) is 18.3 Å². The summed E-state index contributed by atoms with van der Waals surface area (Å²) in [5.41, 5.74) is 5.22. The topological polar surface area (TPSA) is 38.7 Å². The lowest BCUT2D eigenvalue weighted by Gasteiger charge is -1.99. The van der Waals surface area contributed by atoms with Crippen LogP contribution in [0.1, 0.15) is 35.0 Å². The van der Waals surface area contributed by atoms with Crippen LogP contribution in [-0.2, 0) is 6.42 Å². The molecule has 0 aliphatic carbocycles. The molecular weight excluding hydrogens is 345 g/mol. The van der Waals surface area contributed by atoms with Gasteiger partial charge >= 0.3 is 0 Å². The van der Waals surface area contributed by atoms with Crippen LogP contribution in [-0.4, -0.2) is 15.2 Å². The summed E-state index contributed by atoms with van der Waals surface area (Å²) in [6.45, 7) is 9.99. The lowest BCUT2D eigenvalue weighted by atomic mass is 10.1. The average molecular weight is 367 g/mol. The van der Waals surface area contributed by atoms with Crippen molar-refractivity contribution < 1.29 is 4.39 Å². The Hall–Kier alpha value is -2.40. The largest absolute Gasteiger partial charge is 0.260 e. The molecule has 4 rings (SSSR count). The zero-order valence-electron chi connectivity index (χ0n) is 15.7. The lowest BCUT2D eigenvalue weighted by molar-refractivity contribution is 0.617. The third kappa shape index (κ3) is 3.44. The van der Waals surface area contributed by atoms with E-state index in [-0.39, 0.29) is 5.82 Å². The van der Waals surface area contributed by atoms with Crippen LogP contribution in [0, 0.1) is 33.5 Å². The number of fused-ring (bicyclic) bond motifs is 3. The molecule has 26 heavy (non-hydrogen) atoms. The lowest BCUT2D eigenvalue weighted by Crippen LogP contribution is -1.90. The van der Waals surface area contributed by atoms with Gasteiger partial charge in [0.25, 0.3) is 0 Å². The smallest absolute Gasteiger partial charge is 0.147 e. The highest BCUT2D eigenvalue weighted by Gasteiger charge is 2.12. The maximum atomic E-state index is 12.6. The number of hydrogen-bond donors (Lipinski definition) is 0. The van der Waals surface area contributed by atoms with Crippen LogP contribution < -0.4 is 0 Å². The van der Waals surface area contributed by atoms with Gasteiger partial charge in [0.15, 0.2) is 0 Å². The first-order valence-electron chi connectivity index (χ1n) is 8.65. The summed E-state index contributed by atoms with van der Waals surface area (Å²) in [4.78, 5) is 5.33. The Balaban J connectivity index is 0.000000170. The van der Waals surface area contributed by atoms with Crippen molar-refractivity contribution in [2.24, 2.45) is 0 Å². The van der Waals surface area contributed by atoms with Crippen molar-refractivity contribution in [3.8, 4) is 0 Å². The van der Waals surface area contributed by atoms with Gasteiger partial charge in [-0.15, -0.1) is 16.4 Å². The third-order valence-electron chi connectivity index (χ3n) is 4.60. The van der Waals surface area contributed by atoms with E-state index in [0.29, 0.717) is 0 Å². The molecule has 0 saturated heterocycles. The van der Waals surface area contributed by atoms with Crippen molar-refractivity contribution in [2.75, 3.05) is 0 Å². The Bertz CT molecular complexity index is 1090. The van der Waals surface area contributed by atoms with Gasteiger partial charge in [0.2, 0.25) is 0 Å². The second-order valence-electron chi connectivity index (χ2n) is 6.40. The number of aromatic nitrogens is 3. The quantitative estimate of drug-likeness (QED) is 0.423. The molecular formula is C21H22FN3S. The molecule has 0 spiro atoms. The van der Waals surface area contributed by atoms with E-state index >= 15 is 0 Å². The molecule has 3 heterocycles. The van der Waals surface area contributed by atoms with Crippen LogP contribution in [0.3, 0.4) is 0 Å². The summed E-state index contributed by atoms with van der Waals surface area (Å²) in [6, 6.07) is 7.29. The van der Waals surface area contributed by atoms with Crippen molar-refractivity contribution in [2.45, 2.75) is 41.0 Å². The summed E-state index contributed by atoms with van der Waals surface area (Å²) in [5, 5.41) is 10.9. The Morgan fingerprint density at radius 2 is 1.77 bits per heavy atom. The van der Waals surface area contributed by atoms with Crippen LogP contribution in [0.15, 0.2) is 30.5 Å². The van der Waals surface area contributed by atoms with E-state index in [2.05, 4.69) is 35.1 Å². The van der Waals surface area contributed by atoms with Gasteiger partial charge in [-0.05, 0) is 62.9 Å². The molecule has 0 aliphatic heterocycles. The summed E-state index contributed by atoms with van der Waals surface area (Å²) >= 11 is 1.68. The van der Waals surface area contributed by atoms with Crippen molar-refractivity contribution in [1.29, 1.82) is 0 Å². The molecule has 0 unspecified atom stereocenters. The molecule has 1 aromatic carbocycles. The number of aryl methyl sites for hydroxylation is 5. The molecule has 0 saturated carbocycles. The first-order chi connectivity index (χ1) is 12.4. The number of nitrogens with zero attached hydrogens (tertiary/aromatic N) is 3. The molecule has 5 heteroatoms. The van der Waals surface area contributed by atoms with Crippen LogP contribution in [0.2, 0.25) is 0 Å². The molecule has 0 amide bonds. The molecule has 0 fully saturated rings. The summed E-state index contributed by atoms with van der Waals surface area (Å²) < 4.78 is 13.9. The molecule has 0 bridgehead atoms. The molecule has 0 aliphatic rings. The van der Waals surface area contributed by atoms with E-state index in [4.69, 9.17) is 0 Å². The van der Waals surface area contributed by atoms with Gasteiger partial charge in [-0.2, -0.15) is 5.10 Å². The maximum absolute atomic E-state index is 12.6. The predicted octanol–water partition coefficient (Wildman–Crippen LogP) is 5.86. The number of thiophene rings is 1. The monoisotopic (exact) mass is 367 g/mol. The van der Waals surface area contributed by atoms with Crippen molar-refractivity contribution in [1.82, 2.24) is 15.2 Å². The summed E-state index contributed by atoms with van der Waals surface area (Å²) in [7, 11) is 0. The first kappa shape index (κ1) is 18.4. The molecule has 0 atom stereocenters. The van der Waals surface area contributed by atoms with Crippen LogP contribution in [0.5, 0.6) is 0 Å². The fraction of sp³-hybridized carbons (Fsp3) is 0.286. The standard InChI is InChI=1S/C12H11N3S.C9H11F/c1-6-7(2)14-15-12-10(6)9-4-5-13-8(3)11(9)16-12;1-3-8-4-5-9(10)7(2)6-8/h4-5H,1-3H3;4-6H,3H2,1-2H3. The molecule has 0 N–H and O–H groups in total. The second kappa shape index (κ2) is 7.46. The van der Waals surface area contributed by atoms with Crippen LogP contribution in [0.25, 0.3) is 20.3 Å². The Morgan fingerprint density at radius 3 is 2.46 bits per heavy atom. The molecule has 0 radical (unpaired) electrons. The minimum Gasteiger partial charge on any atom is -0.260 e. The zero-order valence-corrected chi connectivity index (χ0v) is 16.5. The van der Waals surface area contributed by atoms with E-state index in [0.717, 1.165) is 28.2 Å². The van der Waals surface area contributed by atoms with E-state index in [1.807, 2.05) is 32.2 Å². The number of benzene rings is 1. The maximum Gasteiger partial charge on any atom is 0.147 e. The van der Waals surface area contributed by atoms with E-state index in [1.165, 1.54) is 32.7 Å². The van der Waals surface area contributed by atoms with E-state index < -0.39 is 0 Å². The molecule has 4 aromatic rings. The van der Waals surface area contributed by atoms with Gasteiger partial charge in [0.05, 0.1) is 16.1 Å².